The minimum absolute atomic E-state index is 0.397. The van der Waals surface area contributed by atoms with E-state index in [0.717, 1.165) is 24.5 Å². The molecular formula is C17H18N6. The van der Waals surface area contributed by atoms with E-state index in [9.17, 15) is 0 Å². The summed E-state index contributed by atoms with van der Waals surface area (Å²) in [5.41, 5.74) is 3.24. The Balaban J connectivity index is 1.70. The molecule has 6 heteroatoms. The maximum absolute atomic E-state index is 4.13. The molecule has 116 valence electrons. The molecule has 0 radical (unpaired) electrons. The smallest absolute Gasteiger partial charge is 0.264 e. The van der Waals surface area contributed by atoms with Crippen molar-refractivity contribution >= 4 is 17.3 Å². The summed E-state index contributed by atoms with van der Waals surface area (Å²) in [6.07, 6.45) is 1.40. The molecule has 0 aliphatic rings. The van der Waals surface area contributed by atoms with Crippen molar-refractivity contribution in [1.29, 1.82) is 0 Å². The average Bonchev–Trinajstić information content (AvgIpc) is 3.13. The highest BCUT2D eigenvalue weighted by Crippen LogP contribution is 2.22. The van der Waals surface area contributed by atoms with Crippen molar-refractivity contribution in [2.45, 2.75) is 13.5 Å². The molecule has 6 nitrogen and oxygen atoms in total. The second kappa shape index (κ2) is 7.31. The molecule has 0 amide bonds. The number of benzene rings is 2. The van der Waals surface area contributed by atoms with Crippen molar-refractivity contribution in [2.75, 3.05) is 11.4 Å². The molecule has 0 bridgehead atoms. The molecule has 0 unspecified atom stereocenters. The van der Waals surface area contributed by atoms with Crippen molar-refractivity contribution in [3.63, 3.8) is 0 Å². The van der Waals surface area contributed by atoms with Gasteiger partial charge in [-0.1, -0.05) is 30.3 Å². The van der Waals surface area contributed by atoms with Crippen molar-refractivity contribution < 1.29 is 0 Å². The summed E-state index contributed by atoms with van der Waals surface area (Å²) in [5, 5.41) is 14.5. The zero-order valence-corrected chi connectivity index (χ0v) is 12.9. The lowest BCUT2D eigenvalue weighted by atomic mass is 10.2. The van der Waals surface area contributed by atoms with E-state index >= 15 is 0 Å². The van der Waals surface area contributed by atoms with Gasteiger partial charge >= 0.3 is 0 Å². The monoisotopic (exact) mass is 306 g/mol. The van der Waals surface area contributed by atoms with Gasteiger partial charge in [-0.25, -0.2) is 5.10 Å². The number of nitrogens with one attached hydrogen (secondary N) is 1. The van der Waals surface area contributed by atoms with Crippen molar-refractivity contribution in [3.05, 3.63) is 66.5 Å². The van der Waals surface area contributed by atoms with Gasteiger partial charge in [-0.05, 0) is 36.8 Å². The number of azo groups is 1. The summed E-state index contributed by atoms with van der Waals surface area (Å²) < 4.78 is 0. The second-order valence-electron chi connectivity index (χ2n) is 5.03. The van der Waals surface area contributed by atoms with Gasteiger partial charge < -0.3 is 4.90 Å². The molecule has 0 saturated heterocycles. The fourth-order valence-electron chi connectivity index (χ4n) is 2.27. The van der Waals surface area contributed by atoms with E-state index in [2.05, 4.69) is 73.6 Å². The molecule has 1 aromatic heterocycles. The zero-order valence-electron chi connectivity index (χ0n) is 12.9. The van der Waals surface area contributed by atoms with E-state index in [-0.39, 0.29) is 0 Å². The van der Waals surface area contributed by atoms with Gasteiger partial charge in [0.05, 0.1) is 5.69 Å². The Kier molecular flexibility index (Phi) is 4.73. The first-order valence-electron chi connectivity index (χ1n) is 7.51. The van der Waals surface area contributed by atoms with E-state index in [1.165, 1.54) is 11.9 Å². The molecule has 2 aromatic carbocycles. The van der Waals surface area contributed by atoms with Gasteiger partial charge in [-0.3, -0.25) is 0 Å². The lowest BCUT2D eigenvalue weighted by Crippen LogP contribution is -2.21. The fraction of sp³-hybridized carbons (Fsp3) is 0.176. The Morgan fingerprint density at radius 3 is 2.43 bits per heavy atom. The second-order valence-corrected chi connectivity index (χ2v) is 5.03. The molecular weight excluding hydrogens is 288 g/mol. The van der Waals surface area contributed by atoms with E-state index in [4.69, 9.17) is 0 Å². The summed E-state index contributed by atoms with van der Waals surface area (Å²) in [6, 6.07) is 18.5. The van der Waals surface area contributed by atoms with Crippen LogP contribution in [0.4, 0.5) is 17.3 Å². The van der Waals surface area contributed by atoms with Crippen molar-refractivity contribution in [2.24, 2.45) is 10.2 Å². The highest BCUT2D eigenvalue weighted by atomic mass is 15.3. The van der Waals surface area contributed by atoms with Crippen LogP contribution in [0.5, 0.6) is 0 Å². The SMILES string of the molecule is CCN(Cc1ccccc1)c1ccc(N=Nc2ncn[nH]2)cc1. The van der Waals surface area contributed by atoms with Crippen LogP contribution in [0.2, 0.25) is 0 Å². The minimum atomic E-state index is 0.397. The average molecular weight is 306 g/mol. The van der Waals surface area contributed by atoms with Gasteiger partial charge in [0, 0.05) is 18.8 Å². The lowest BCUT2D eigenvalue weighted by molar-refractivity contribution is 0.832. The molecule has 1 N–H and O–H groups in total. The largest absolute Gasteiger partial charge is 0.367 e. The highest BCUT2D eigenvalue weighted by Gasteiger charge is 2.05. The third-order valence-corrected chi connectivity index (χ3v) is 3.48. The summed E-state index contributed by atoms with van der Waals surface area (Å²) in [7, 11) is 0. The van der Waals surface area contributed by atoms with Crippen LogP contribution in [0.1, 0.15) is 12.5 Å². The van der Waals surface area contributed by atoms with Crippen molar-refractivity contribution in [1.82, 2.24) is 15.2 Å². The Labute approximate surface area is 134 Å². The lowest BCUT2D eigenvalue weighted by Gasteiger charge is -2.23. The van der Waals surface area contributed by atoms with Gasteiger partial charge in [-0.2, -0.15) is 10.1 Å². The van der Waals surface area contributed by atoms with Gasteiger partial charge in [0.15, 0.2) is 0 Å². The number of anilines is 1. The third kappa shape index (κ3) is 4.00. The molecule has 23 heavy (non-hydrogen) atoms. The summed E-state index contributed by atoms with van der Waals surface area (Å²) in [5.74, 6) is 0.397. The Morgan fingerprint density at radius 1 is 1.00 bits per heavy atom. The third-order valence-electron chi connectivity index (χ3n) is 3.48. The van der Waals surface area contributed by atoms with Crippen LogP contribution in [0.15, 0.2) is 71.2 Å². The normalized spacial score (nSPS) is 11.0. The maximum Gasteiger partial charge on any atom is 0.264 e. The number of H-pyrrole nitrogens is 1. The Hall–Kier alpha value is -3.02. The topological polar surface area (TPSA) is 69.5 Å². The quantitative estimate of drug-likeness (QED) is 0.692. The molecule has 0 fully saturated rings. The molecule has 3 rings (SSSR count). The number of hydrogen-bond acceptors (Lipinski definition) is 5. The predicted octanol–water partition coefficient (Wildman–Crippen LogP) is 4.25. The predicted molar refractivity (Wildman–Crippen MR) is 90.2 cm³/mol. The Bertz CT molecular complexity index is 735. The van der Waals surface area contributed by atoms with Crippen LogP contribution in [-0.2, 0) is 6.54 Å². The number of aromatic amines is 1. The van der Waals surface area contributed by atoms with Crippen molar-refractivity contribution in [3.8, 4) is 0 Å². The molecule has 0 aliphatic heterocycles. The van der Waals surface area contributed by atoms with Crippen LogP contribution in [0.25, 0.3) is 0 Å². The van der Waals surface area contributed by atoms with Gasteiger partial charge in [0.25, 0.3) is 5.95 Å². The van der Waals surface area contributed by atoms with Crippen LogP contribution < -0.4 is 4.90 Å². The van der Waals surface area contributed by atoms with Crippen LogP contribution in [-0.4, -0.2) is 21.7 Å². The van der Waals surface area contributed by atoms with E-state index in [1.54, 1.807) is 0 Å². The molecule has 3 aromatic rings. The first-order chi connectivity index (χ1) is 11.3. The maximum atomic E-state index is 4.13. The number of aromatic nitrogens is 3. The Morgan fingerprint density at radius 2 is 1.78 bits per heavy atom. The molecule has 0 aliphatic carbocycles. The van der Waals surface area contributed by atoms with E-state index in [1.807, 2.05) is 18.2 Å². The number of nitrogens with zero attached hydrogens (tertiary/aromatic N) is 5. The first-order valence-corrected chi connectivity index (χ1v) is 7.51. The van der Waals surface area contributed by atoms with Crippen LogP contribution in [0, 0.1) is 0 Å². The van der Waals surface area contributed by atoms with E-state index < -0.39 is 0 Å². The highest BCUT2D eigenvalue weighted by molar-refractivity contribution is 5.53. The molecule has 0 atom stereocenters. The summed E-state index contributed by atoms with van der Waals surface area (Å²) >= 11 is 0. The molecule has 0 saturated carbocycles. The van der Waals surface area contributed by atoms with Crippen LogP contribution in [0.3, 0.4) is 0 Å². The number of hydrogen-bond donors (Lipinski definition) is 1. The number of rotatable bonds is 6. The minimum Gasteiger partial charge on any atom is -0.367 e. The fourth-order valence-corrected chi connectivity index (χ4v) is 2.27. The molecule has 0 spiro atoms. The van der Waals surface area contributed by atoms with Crippen LogP contribution >= 0.6 is 0 Å². The first kappa shape index (κ1) is 14.9. The van der Waals surface area contributed by atoms with Gasteiger partial charge in [0.1, 0.15) is 6.33 Å². The molecule has 1 heterocycles. The summed E-state index contributed by atoms with van der Waals surface area (Å²) in [6.45, 7) is 3.98. The van der Waals surface area contributed by atoms with Gasteiger partial charge in [-0.15, -0.1) is 10.2 Å². The van der Waals surface area contributed by atoms with E-state index in [0.29, 0.717) is 5.95 Å². The standard InChI is InChI=1S/C17H18N6/c1-2-23(12-14-6-4-3-5-7-14)16-10-8-15(9-11-16)20-22-17-18-13-19-21-17/h3-11,13H,2,12H2,1H3,(H,18,19,21). The zero-order chi connectivity index (χ0) is 15.9. The summed E-state index contributed by atoms with van der Waals surface area (Å²) in [4.78, 5) is 6.21. The van der Waals surface area contributed by atoms with Gasteiger partial charge in [0.2, 0.25) is 0 Å².